The molecule has 0 aliphatic carbocycles. The van der Waals surface area contributed by atoms with Gasteiger partial charge in [0.1, 0.15) is 5.75 Å². The van der Waals surface area contributed by atoms with Gasteiger partial charge in [0.25, 0.3) is 5.92 Å². The summed E-state index contributed by atoms with van der Waals surface area (Å²) in [5, 5.41) is 0. The Bertz CT molecular complexity index is 460. The molecule has 0 fully saturated rings. The lowest BCUT2D eigenvalue weighted by molar-refractivity contribution is 0.0149. The van der Waals surface area contributed by atoms with E-state index in [9.17, 15) is 13.6 Å². The van der Waals surface area contributed by atoms with Crippen molar-refractivity contribution >= 4 is 6.08 Å². The van der Waals surface area contributed by atoms with E-state index in [1.165, 1.54) is 19.3 Å². The lowest BCUT2D eigenvalue weighted by atomic mass is 9.99. The van der Waals surface area contributed by atoms with Crippen molar-refractivity contribution < 1.29 is 18.3 Å². The molecule has 0 aromatic heterocycles. The maximum atomic E-state index is 13.3. The third-order valence-corrected chi connectivity index (χ3v) is 2.47. The first-order chi connectivity index (χ1) is 7.91. The van der Waals surface area contributed by atoms with Crippen LogP contribution >= 0.6 is 0 Å². The average Bonchev–Trinajstić information content (AvgIpc) is 2.25. The highest BCUT2D eigenvalue weighted by Crippen LogP contribution is 2.38. The van der Waals surface area contributed by atoms with Crippen LogP contribution in [-0.2, 0) is 17.3 Å². The maximum absolute atomic E-state index is 13.3. The minimum Gasteiger partial charge on any atom is -0.496 e. The van der Waals surface area contributed by atoms with Crippen molar-refractivity contribution in [3.05, 3.63) is 28.8 Å². The number of hydrogen-bond acceptors (Lipinski definition) is 3. The van der Waals surface area contributed by atoms with Gasteiger partial charge in [0.15, 0.2) is 0 Å². The van der Waals surface area contributed by atoms with Gasteiger partial charge in [-0.3, -0.25) is 0 Å². The molecular formula is C12H13F2NO2. The molecule has 0 N–H and O–H groups in total. The van der Waals surface area contributed by atoms with Crippen molar-refractivity contribution in [2.45, 2.75) is 26.3 Å². The van der Waals surface area contributed by atoms with Crippen molar-refractivity contribution in [1.29, 1.82) is 0 Å². The smallest absolute Gasteiger partial charge is 0.274 e. The van der Waals surface area contributed by atoms with E-state index in [1.54, 1.807) is 13.0 Å². The number of hydrogen-bond donors (Lipinski definition) is 0. The minimum atomic E-state index is -3.00. The van der Waals surface area contributed by atoms with Gasteiger partial charge >= 0.3 is 0 Å². The molecular weight excluding hydrogens is 228 g/mol. The largest absolute Gasteiger partial charge is 0.496 e. The second-order valence-electron chi connectivity index (χ2n) is 3.74. The predicted molar refractivity (Wildman–Crippen MR) is 59.1 cm³/mol. The number of benzene rings is 1. The Hall–Kier alpha value is -1.74. The zero-order chi connectivity index (χ0) is 13.1. The molecule has 1 aromatic carbocycles. The van der Waals surface area contributed by atoms with Crippen LogP contribution in [0.15, 0.2) is 17.1 Å². The summed E-state index contributed by atoms with van der Waals surface area (Å²) in [7, 11) is 1.32. The average molecular weight is 241 g/mol. The number of carbonyl (C=O) groups excluding carboxylic acids is 1. The summed E-state index contributed by atoms with van der Waals surface area (Å²) in [6.45, 7) is 2.53. The molecule has 3 nitrogen and oxygen atoms in total. The van der Waals surface area contributed by atoms with Crippen LogP contribution in [0.3, 0.4) is 0 Å². The monoisotopic (exact) mass is 241 g/mol. The summed E-state index contributed by atoms with van der Waals surface area (Å²) >= 11 is 0. The lowest BCUT2D eigenvalue weighted by Crippen LogP contribution is -2.11. The summed E-state index contributed by atoms with van der Waals surface area (Å²) in [5.74, 6) is -2.92. The van der Waals surface area contributed by atoms with E-state index in [0.29, 0.717) is 5.56 Å². The Kier molecular flexibility index (Phi) is 3.97. The van der Waals surface area contributed by atoms with Crippen LogP contribution in [0, 0.1) is 6.92 Å². The lowest BCUT2D eigenvalue weighted by Gasteiger charge is -2.18. The quantitative estimate of drug-likeness (QED) is 0.600. The van der Waals surface area contributed by atoms with Gasteiger partial charge in [-0.1, -0.05) is 6.07 Å². The molecule has 1 aromatic rings. The van der Waals surface area contributed by atoms with Gasteiger partial charge in [-0.2, -0.15) is 0 Å². The molecule has 0 spiro atoms. The van der Waals surface area contributed by atoms with E-state index in [-0.39, 0.29) is 17.9 Å². The topological polar surface area (TPSA) is 38.7 Å². The summed E-state index contributed by atoms with van der Waals surface area (Å²) in [6, 6.07) is 2.88. The molecule has 0 amide bonds. The van der Waals surface area contributed by atoms with Crippen LogP contribution in [0.5, 0.6) is 5.75 Å². The van der Waals surface area contributed by atoms with Gasteiger partial charge in [-0.05, 0) is 18.6 Å². The van der Waals surface area contributed by atoms with Crippen LogP contribution in [-0.4, -0.2) is 13.2 Å². The molecule has 0 heterocycles. The van der Waals surface area contributed by atoms with Gasteiger partial charge in [-0.15, -0.1) is 0 Å². The molecule has 0 radical (unpaired) electrons. The van der Waals surface area contributed by atoms with Crippen molar-refractivity contribution in [3.8, 4) is 5.75 Å². The van der Waals surface area contributed by atoms with Crippen LogP contribution in [0.25, 0.3) is 0 Å². The molecule has 0 bridgehead atoms. The molecule has 0 saturated heterocycles. The first-order valence-corrected chi connectivity index (χ1v) is 5.00. The van der Waals surface area contributed by atoms with Gasteiger partial charge in [0.05, 0.1) is 19.2 Å². The van der Waals surface area contributed by atoms with E-state index in [1.807, 2.05) is 0 Å². The summed E-state index contributed by atoms with van der Waals surface area (Å²) < 4.78 is 31.7. The number of methoxy groups -OCH3 is 1. The Morgan fingerprint density at radius 3 is 2.59 bits per heavy atom. The maximum Gasteiger partial charge on any atom is 0.274 e. The first kappa shape index (κ1) is 13.3. The highest BCUT2D eigenvalue weighted by Gasteiger charge is 2.30. The second kappa shape index (κ2) is 5.06. The Morgan fingerprint density at radius 2 is 2.12 bits per heavy atom. The number of aryl methyl sites for hydroxylation is 1. The Morgan fingerprint density at radius 1 is 1.47 bits per heavy atom. The standard InChI is InChI=1S/C12H13F2NO2/c1-8-4-5-10(12(2,13)14)11(17-3)9(8)6-15-7-16/h4-5H,6H2,1-3H3. The zero-order valence-electron chi connectivity index (χ0n) is 9.88. The Balaban J connectivity index is 3.41. The third-order valence-electron chi connectivity index (χ3n) is 2.47. The summed E-state index contributed by atoms with van der Waals surface area (Å²) in [5.41, 5.74) is 1.02. The number of aliphatic imine (C=N–C) groups is 1. The third kappa shape index (κ3) is 2.88. The van der Waals surface area contributed by atoms with Crippen molar-refractivity contribution in [3.63, 3.8) is 0 Å². The van der Waals surface area contributed by atoms with Gasteiger partial charge in [0.2, 0.25) is 6.08 Å². The Labute approximate surface area is 98.1 Å². The number of rotatable bonds is 4. The number of nitrogens with zero attached hydrogens (tertiary/aromatic N) is 1. The normalized spacial score (nSPS) is 10.9. The molecule has 0 aliphatic rings. The summed E-state index contributed by atoms with van der Waals surface area (Å²) in [4.78, 5) is 13.5. The number of alkyl halides is 2. The van der Waals surface area contributed by atoms with E-state index in [2.05, 4.69) is 4.99 Å². The molecule has 0 aliphatic heterocycles. The molecule has 0 saturated carbocycles. The number of isocyanates is 1. The van der Waals surface area contributed by atoms with Crippen LogP contribution in [0.1, 0.15) is 23.6 Å². The number of halogens is 2. The fourth-order valence-corrected chi connectivity index (χ4v) is 1.61. The second-order valence-corrected chi connectivity index (χ2v) is 3.74. The highest BCUT2D eigenvalue weighted by atomic mass is 19.3. The van der Waals surface area contributed by atoms with Crippen molar-refractivity contribution in [2.24, 2.45) is 4.99 Å². The van der Waals surface area contributed by atoms with Crippen LogP contribution < -0.4 is 4.74 Å². The zero-order valence-corrected chi connectivity index (χ0v) is 9.88. The SMILES string of the molecule is COc1c(C(C)(F)F)ccc(C)c1CN=C=O. The summed E-state index contributed by atoms with van der Waals surface area (Å²) in [6.07, 6.45) is 1.38. The molecule has 1 rings (SSSR count). The molecule has 0 atom stereocenters. The fourth-order valence-electron chi connectivity index (χ4n) is 1.61. The van der Waals surface area contributed by atoms with Crippen LogP contribution in [0.2, 0.25) is 0 Å². The number of ether oxygens (including phenoxy) is 1. The van der Waals surface area contributed by atoms with Gasteiger partial charge in [0, 0.05) is 12.5 Å². The van der Waals surface area contributed by atoms with Crippen LogP contribution in [0.4, 0.5) is 8.78 Å². The molecule has 5 heteroatoms. The predicted octanol–water partition coefficient (Wildman–Crippen LogP) is 2.95. The van der Waals surface area contributed by atoms with Gasteiger partial charge in [-0.25, -0.2) is 18.6 Å². The van der Waals surface area contributed by atoms with Gasteiger partial charge < -0.3 is 4.74 Å². The van der Waals surface area contributed by atoms with Crippen molar-refractivity contribution in [1.82, 2.24) is 0 Å². The van der Waals surface area contributed by atoms with Crippen molar-refractivity contribution in [2.75, 3.05) is 7.11 Å². The first-order valence-electron chi connectivity index (χ1n) is 5.00. The van der Waals surface area contributed by atoms with E-state index >= 15 is 0 Å². The van der Waals surface area contributed by atoms with E-state index in [4.69, 9.17) is 4.74 Å². The molecule has 92 valence electrons. The van der Waals surface area contributed by atoms with E-state index < -0.39 is 5.92 Å². The highest BCUT2D eigenvalue weighted by molar-refractivity contribution is 5.48. The minimum absolute atomic E-state index is 0.0115. The fraction of sp³-hybridized carbons (Fsp3) is 0.417. The van der Waals surface area contributed by atoms with E-state index in [0.717, 1.165) is 12.5 Å². The molecule has 0 unspecified atom stereocenters. The molecule has 17 heavy (non-hydrogen) atoms.